The first-order valence-corrected chi connectivity index (χ1v) is 4.49. The smallest absolute Gasteiger partial charge is 0.0977 e. The van der Waals surface area contributed by atoms with Gasteiger partial charge >= 0.3 is 0 Å². The van der Waals surface area contributed by atoms with Crippen LogP contribution in [0, 0.1) is 0 Å². The fourth-order valence-electron chi connectivity index (χ4n) is 0.578. The molecule has 1 N–H and O–H groups in total. The lowest BCUT2D eigenvalue weighted by atomic mass is 10.5. The lowest BCUT2D eigenvalue weighted by Crippen LogP contribution is -2.07. The predicted molar refractivity (Wildman–Crippen MR) is 45.0 cm³/mol. The Labute approximate surface area is 67.2 Å². The third-order valence-corrected chi connectivity index (χ3v) is 3.24. The molecule has 0 aliphatic heterocycles. The summed E-state index contributed by atoms with van der Waals surface area (Å²) in [5, 5.41) is 5.16. The van der Waals surface area contributed by atoms with Gasteiger partial charge < -0.3 is 5.32 Å². The molecule has 0 aromatic carbocycles. The summed E-state index contributed by atoms with van der Waals surface area (Å²) in [6.07, 6.45) is 0. The van der Waals surface area contributed by atoms with Gasteiger partial charge in [0.2, 0.25) is 0 Å². The minimum absolute atomic E-state index is 0.317. The highest BCUT2D eigenvalue weighted by atomic mass is 79.9. The van der Waals surface area contributed by atoms with E-state index in [9.17, 15) is 0 Å². The molecule has 3 heteroatoms. The third kappa shape index (κ3) is 1.78. The van der Waals surface area contributed by atoms with E-state index in [2.05, 4.69) is 32.7 Å². The Hall–Kier alpha value is 0.140. The summed E-state index contributed by atoms with van der Waals surface area (Å²) in [7, 11) is 1.93. The van der Waals surface area contributed by atoms with Crippen LogP contribution >= 0.6 is 27.3 Å². The number of nitrogens with one attached hydrogen (secondary N) is 1. The Morgan fingerprint density at radius 2 is 2.56 bits per heavy atom. The zero-order valence-electron chi connectivity index (χ0n) is 5.10. The van der Waals surface area contributed by atoms with E-state index >= 15 is 0 Å². The normalized spacial score (nSPS) is 13.6. The van der Waals surface area contributed by atoms with E-state index in [1.165, 1.54) is 4.88 Å². The van der Waals surface area contributed by atoms with Crippen LogP contribution in [0.3, 0.4) is 0 Å². The van der Waals surface area contributed by atoms with E-state index < -0.39 is 0 Å². The Balaban J connectivity index is 2.65. The minimum atomic E-state index is 0.317. The molecular weight excluding hydrogens is 198 g/mol. The molecule has 0 spiro atoms. The van der Waals surface area contributed by atoms with Gasteiger partial charge in [0.25, 0.3) is 0 Å². The van der Waals surface area contributed by atoms with Crippen LogP contribution in [0.2, 0.25) is 0 Å². The van der Waals surface area contributed by atoms with Gasteiger partial charge in [-0.1, -0.05) is 22.0 Å². The van der Waals surface area contributed by atoms with Crippen molar-refractivity contribution in [2.75, 3.05) is 7.05 Å². The minimum Gasteiger partial charge on any atom is -0.304 e. The molecule has 1 aromatic rings. The molecule has 1 atom stereocenters. The van der Waals surface area contributed by atoms with Crippen molar-refractivity contribution in [2.45, 2.75) is 4.95 Å². The summed E-state index contributed by atoms with van der Waals surface area (Å²) in [6.45, 7) is 0. The van der Waals surface area contributed by atoms with E-state index in [4.69, 9.17) is 0 Å². The number of rotatable bonds is 2. The molecule has 0 saturated heterocycles. The Morgan fingerprint density at radius 3 is 3.00 bits per heavy atom. The van der Waals surface area contributed by atoms with Crippen LogP contribution in [-0.4, -0.2) is 7.05 Å². The van der Waals surface area contributed by atoms with E-state index in [1.54, 1.807) is 11.3 Å². The van der Waals surface area contributed by atoms with Gasteiger partial charge in [-0.2, -0.15) is 0 Å². The average Bonchev–Trinajstić information content (AvgIpc) is 2.37. The number of hydrogen-bond donors (Lipinski definition) is 1. The second-order valence-corrected chi connectivity index (χ2v) is 3.56. The summed E-state index contributed by atoms with van der Waals surface area (Å²) in [6, 6.07) is 4.15. The largest absolute Gasteiger partial charge is 0.304 e. The van der Waals surface area contributed by atoms with Crippen LogP contribution in [0.1, 0.15) is 9.83 Å². The molecule has 1 unspecified atom stereocenters. The second-order valence-electron chi connectivity index (χ2n) is 1.67. The second kappa shape index (κ2) is 3.34. The van der Waals surface area contributed by atoms with Crippen molar-refractivity contribution in [1.29, 1.82) is 0 Å². The molecular formula is C6H8BrNS. The maximum absolute atomic E-state index is 3.46. The Bertz CT molecular complexity index is 162. The lowest BCUT2D eigenvalue weighted by Gasteiger charge is -2.02. The van der Waals surface area contributed by atoms with Crippen LogP contribution < -0.4 is 5.32 Å². The first-order valence-electron chi connectivity index (χ1n) is 2.69. The molecule has 0 aliphatic carbocycles. The summed E-state index contributed by atoms with van der Waals surface area (Å²) in [5.41, 5.74) is 0. The van der Waals surface area contributed by atoms with Gasteiger partial charge in [-0.15, -0.1) is 11.3 Å². The first-order chi connectivity index (χ1) is 4.34. The van der Waals surface area contributed by atoms with Crippen molar-refractivity contribution in [3.63, 3.8) is 0 Å². The average molecular weight is 206 g/mol. The Kier molecular flexibility index (Phi) is 2.69. The van der Waals surface area contributed by atoms with Gasteiger partial charge in [-0.25, -0.2) is 0 Å². The van der Waals surface area contributed by atoms with Crippen molar-refractivity contribution in [1.82, 2.24) is 5.32 Å². The molecule has 0 bridgehead atoms. The summed E-state index contributed by atoms with van der Waals surface area (Å²) in [4.78, 5) is 1.63. The molecule has 50 valence electrons. The molecule has 9 heavy (non-hydrogen) atoms. The van der Waals surface area contributed by atoms with E-state index in [0.29, 0.717) is 4.95 Å². The van der Waals surface area contributed by atoms with Gasteiger partial charge in [0.1, 0.15) is 0 Å². The fourth-order valence-corrected chi connectivity index (χ4v) is 1.76. The molecule has 0 amide bonds. The number of thiophene rings is 1. The Morgan fingerprint density at radius 1 is 1.78 bits per heavy atom. The number of hydrogen-bond acceptors (Lipinski definition) is 2. The summed E-state index contributed by atoms with van der Waals surface area (Å²) in [5.74, 6) is 0. The maximum Gasteiger partial charge on any atom is 0.0977 e. The van der Waals surface area contributed by atoms with Gasteiger partial charge in [-0.05, 0) is 18.5 Å². The van der Waals surface area contributed by atoms with Gasteiger partial charge in [0.05, 0.1) is 4.95 Å². The van der Waals surface area contributed by atoms with Gasteiger partial charge in [0.15, 0.2) is 0 Å². The van der Waals surface area contributed by atoms with Crippen LogP contribution in [0.25, 0.3) is 0 Å². The standard InChI is InChI=1S/C6H8BrNS/c1-8-6(7)5-3-2-4-9-5/h2-4,6,8H,1H3. The van der Waals surface area contributed by atoms with Gasteiger partial charge in [-0.3, -0.25) is 0 Å². The predicted octanol–water partition coefficient (Wildman–Crippen LogP) is 2.36. The van der Waals surface area contributed by atoms with Crippen molar-refractivity contribution in [3.8, 4) is 0 Å². The topological polar surface area (TPSA) is 12.0 Å². The number of alkyl halides is 1. The van der Waals surface area contributed by atoms with Crippen LogP contribution in [0.5, 0.6) is 0 Å². The summed E-state index contributed by atoms with van der Waals surface area (Å²) >= 11 is 5.21. The molecule has 1 nitrogen and oxygen atoms in total. The molecule has 0 saturated carbocycles. The maximum atomic E-state index is 3.46. The molecule has 1 rings (SSSR count). The van der Waals surface area contributed by atoms with Crippen molar-refractivity contribution in [2.24, 2.45) is 0 Å². The first kappa shape index (κ1) is 7.25. The van der Waals surface area contributed by atoms with E-state index in [1.807, 2.05) is 13.1 Å². The highest BCUT2D eigenvalue weighted by Crippen LogP contribution is 2.22. The van der Waals surface area contributed by atoms with Crippen molar-refractivity contribution >= 4 is 27.3 Å². The van der Waals surface area contributed by atoms with E-state index in [-0.39, 0.29) is 0 Å². The molecule has 0 aliphatic rings. The quantitative estimate of drug-likeness (QED) is 0.578. The molecule has 0 fully saturated rings. The third-order valence-electron chi connectivity index (χ3n) is 1.05. The summed E-state index contributed by atoms with van der Waals surface area (Å²) < 4.78 is 0. The van der Waals surface area contributed by atoms with E-state index in [0.717, 1.165) is 0 Å². The zero-order chi connectivity index (χ0) is 6.69. The highest BCUT2D eigenvalue weighted by molar-refractivity contribution is 9.09. The molecule has 1 aromatic heterocycles. The molecule has 1 heterocycles. The van der Waals surface area contributed by atoms with Crippen LogP contribution in [0.4, 0.5) is 0 Å². The zero-order valence-corrected chi connectivity index (χ0v) is 7.50. The van der Waals surface area contributed by atoms with Gasteiger partial charge in [0, 0.05) is 4.88 Å². The van der Waals surface area contributed by atoms with Crippen molar-refractivity contribution in [3.05, 3.63) is 22.4 Å². The molecule has 0 radical (unpaired) electrons. The van der Waals surface area contributed by atoms with Crippen LogP contribution in [-0.2, 0) is 0 Å². The number of halogens is 1. The lowest BCUT2D eigenvalue weighted by molar-refractivity contribution is 0.822. The fraction of sp³-hybridized carbons (Fsp3) is 0.333. The SMILES string of the molecule is CNC(Br)c1cccs1. The van der Waals surface area contributed by atoms with Crippen LogP contribution in [0.15, 0.2) is 17.5 Å². The monoisotopic (exact) mass is 205 g/mol. The highest BCUT2D eigenvalue weighted by Gasteiger charge is 2.02. The van der Waals surface area contributed by atoms with Crippen molar-refractivity contribution < 1.29 is 0 Å².